The van der Waals surface area contributed by atoms with E-state index in [1.54, 1.807) is 30.5 Å². The van der Waals surface area contributed by atoms with Gasteiger partial charge in [0.25, 0.3) is 0 Å². The summed E-state index contributed by atoms with van der Waals surface area (Å²) in [6.07, 6.45) is 1.87. The van der Waals surface area contributed by atoms with Crippen molar-refractivity contribution in [2.24, 2.45) is 0 Å². The summed E-state index contributed by atoms with van der Waals surface area (Å²) >= 11 is 9.32. The van der Waals surface area contributed by atoms with E-state index in [4.69, 9.17) is 16.0 Å². The van der Waals surface area contributed by atoms with Crippen LogP contribution < -0.4 is 5.32 Å². The van der Waals surface area contributed by atoms with Gasteiger partial charge in [-0.3, -0.25) is 4.79 Å². The van der Waals surface area contributed by atoms with Crippen molar-refractivity contribution in [1.29, 1.82) is 0 Å². The van der Waals surface area contributed by atoms with Crippen molar-refractivity contribution in [3.05, 3.63) is 63.8 Å². The van der Waals surface area contributed by atoms with E-state index in [-0.39, 0.29) is 12.3 Å². The normalized spacial score (nSPS) is 10.8. The predicted octanol–water partition coefficient (Wildman–Crippen LogP) is 5.03. The number of fused-ring (bicyclic) bond motifs is 1. The molecule has 2 aromatic carbocycles. The Morgan fingerprint density at radius 1 is 1.24 bits per heavy atom. The molecule has 3 rings (SSSR count). The quantitative estimate of drug-likeness (QED) is 0.708. The zero-order chi connectivity index (χ0) is 14.8. The molecule has 106 valence electrons. The van der Waals surface area contributed by atoms with E-state index in [1.807, 2.05) is 18.2 Å². The molecule has 0 spiro atoms. The number of carbonyl (C=O) groups excluding carboxylic acids is 1. The molecule has 0 radical (unpaired) electrons. The first-order valence-corrected chi connectivity index (χ1v) is 7.50. The van der Waals surface area contributed by atoms with E-state index in [0.717, 1.165) is 21.0 Å². The molecule has 0 atom stereocenters. The second-order valence-corrected chi connectivity index (χ2v) is 5.99. The summed E-state index contributed by atoms with van der Waals surface area (Å²) in [7, 11) is 0. The maximum absolute atomic E-state index is 12.1. The highest BCUT2D eigenvalue weighted by Gasteiger charge is 2.11. The average molecular weight is 365 g/mol. The number of rotatable bonds is 3. The van der Waals surface area contributed by atoms with Crippen LogP contribution in [0.3, 0.4) is 0 Å². The maximum Gasteiger partial charge on any atom is 0.228 e. The van der Waals surface area contributed by atoms with Gasteiger partial charge in [0.2, 0.25) is 5.91 Å². The van der Waals surface area contributed by atoms with Gasteiger partial charge in [-0.1, -0.05) is 33.6 Å². The van der Waals surface area contributed by atoms with Gasteiger partial charge in [-0.05, 0) is 36.4 Å². The standard InChI is InChI=1S/C16H11BrClNO2/c17-11-4-5-15-14(7-11)10(9-21-15)6-16(20)19-13-3-1-2-12(18)8-13/h1-5,7-9H,6H2,(H,19,20). The van der Waals surface area contributed by atoms with Gasteiger partial charge in [0, 0.05) is 26.1 Å². The lowest BCUT2D eigenvalue weighted by molar-refractivity contribution is -0.115. The van der Waals surface area contributed by atoms with Crippen LogP contribution in [-0.2, 0) is 11.2 Å². The molecule has 1 N–H and O–H groups in total. The smallest absolute Gasteiger partial charge is 0.228 e. The third kappa shape index (κ3) is 3.28. The van der Waals surface area contributed by atoms with Crippen molar-refractivity contribution in [1.82, 2.24) is 0 Å². The number of amides is 1. The van der Waals surface area contributed by atoms with E-state index in [0.29, 0.717) is 10.7 Å². The summed E-state index contributed by atoms with van der Waals surface area (Å²) in [6, 6.07) is 12.8. The predicted molar refractivity (Wildman–Crippen MR) is 87.7 cm³/mol. The van der Waals surface area contributed by atoms with E-state index in [1.165, 1.54) is 0 Å². The molecule has 0 saturated carbocycles. The minimum atomic E-state index is -0.111. The largest absolute Gasteiger partial charge is 0.464 e. The van der Waals surface area contributed by atoms with Gasteiger partial charge in [-0.15, -0.1) is 0 Å². The lowest BCUT2D eigenvalue weighted by Gasteiger charge is -2.04. The van der Waals surface area contributed by atoms with Crippen LogP contribution in [0.2, 0.25) is 5.02 Å². The fraction of sp³-hybridized carbons (Fsp3) is 0.0625. The van der Waals surface area contributed by atoms with Crippen molar-refractivity contribution < 1.29 is 9.21 Å². The molecule has 1 amide bonds. The Bertz CT molecular complexity index is 813. The number of carbonyl (C=O) groups is 1. The number of nitrogens with one attached hydrogen (secondary N) is 1. The number of benzene rings is 2. The maximum atomic E-state index is 12.1. The summed E-state index contributed by atoms with van der Waals surface area (Å²) in [5.74, 6) is -0.111. The van der Waals surface area contributed by atoms with Gasteiger partial charge in [0.05, 0.1) is 12.7 Å². The van der Waals surface area contributed by atoms with Crippen LogP contribution in [0.4, 0.5) is 5.69 Å². The van der Waals surface area contributed by atoms with Crippen LogP contribution in [0.1, 0.15) is 5.56 Å². The Labute approximate surface area is 135 Å². The molecule has 0 saturated heterocycles. The topological polar surface area (TPSA) is 42.2 Å². The molecule has 0 unspecified atom stereocenters. The summed E-state index contributed by atoms with van der Waals surface area (Å²) in [5, 5.41) is 4.35. The fourth-order valence-corrected chi connectivity index (χ4v) is 2.69. The first-order valence-electron chi connectivity index (χ1n) is 6.33. The molecule has 0 fully saturated rings. The van der Waals surface area contributed by atoms with E-state index >= 15 is 0 Å². The number of halogens is 2. The highest BCUT2D eigenvalue weighted by atomic mass is 79.9. The molecule has 5 heteroatoms. The Kier molecular flexibility index (Phi) is 3.99. The number of furan rings is 1. The fourth-order valence-electron chi connectivity index (χ4n) is 2.14. The molecule has 3 aromatic rings. The van der Waals surface area contributed by atoms with Crippen LogP contribution in [-0.4, -0.2) is 5.91 Å². The number of hydrogen-bond donors (Lipinski definition) is 1. The number of anilines is 1. The van der Waals surface area contributed by atoms with Gasteiger partial charge in [-0.2, -0.15) is 0 Å². The molecular formula is C16H11BrClNO2. The third-order valence-corrected chi connectivity index (χ3v) is 3.80. The molecule has 1 aromatic heterocycles. The van der Waals surface area contributed by atoms with Crippen LogP contribution in [0.25, 0.3) is 11.0 Å². The Hall–Kier alpha value is -1.78. The van der Waals surface area contributed by atoms with Crippen LogP contribution >= 0.6 is 27.5 Å². The summed E-state index contributed by atoms with van der Waals surface area (Å²) in [5.41, 5.74) is 2.30. The average Bonchev–Trinajstić information content (AvgIpc) is 2.81. The molecule has 0 aliphatic heterocycles. The summed E-state index contributed by atoms with van der Waals surface area (Å²) in [4.78, 5) is 12.1. The Balaban J connectivity index is 1.79. The molecule has 1 heterocycles. The lowest BCUT2D eigenvalue weighted by Crippen LogP contribution is -2.14. The van der Waals surface area contributed by atoms with Gasteiger partial charge < -0.3 is 9.73 Å². The zero-order valence-corrected chi connectivity index (χ0v) is 13.2. The van der Waals surface area contributed by atoms with Crippen molar-refractivity contribution in [3.63, 3.8) is 0 Å². The third-order valence-electron chi connectivity index (χ3n) is 3.08. The Morgan fingerprint density at radius 3 is 2.90 bits per heavy atom. The second kappa shape index (κ2) is 5.92. The summed E-state index contributed by atoms with van der Waals surface area (Å²) < 4.78 is 6.40. The van der Waals surface area contributed by atoms with Crippen molar-refractivity contribution in [2.75, 3.05) is 5.32 Å². The molecule has 21 heavy (non-hydrogen) atoms. The minimum absolute atomic E-state index is 0.111. The zero-order valence-electron chi connectivity index (χ0n) is 10.9. The first kappa shape index (κ1) is 14.2. The molecule has 3 nitrogen and oxygen atoms in total. The first-order chi connectivity index (χ1) is 10.1. The summed E-state index contributed by atoms with van der Waals surface area (Å²) in [6.45, 7) is 0. The second-order valence-electron chi connectivity index (χ2n) is 4.64. The van der Waals surface area contributed by atoms with E-state index in [2.05, 4.69) is 21.2 Å². The number of hydrogen-bond acceptors (Lipinski definition) is 2. The highest BCUT2D eigenvalue weighted by molar-refractivity contribution is 9.10. The van der Waals surface area contributed by atoms with Gasteiger partial charge in [0.1, 0.15) is 5.58 Å². The molecule has 0 bridgehead atoms. The molecular weight excluding hydrogens is 354 g/mol. The Morgan fingerprint density at radius 2 is 2.10 bits per heavy atom. The van der Waals surface area contributed by atoms with Crippen LogP contribution in [0.15, 0.2) is 57.6 Å². The van der Waals surface area contributed by atoms with Crippen LogP contribution in [0.5, 0.6) is 0 Å². The van der Waals surface area contributed by atoms with Crippen molar-refractivity contribution >= 4 is 50.1 Å². The lowest BCUT2D eigenvalue weighted by atomic mass is 10.1. The van der Waals surface area contributed by atoms with Gasteiger partial charge in [0.15, 0.2) is 0 Å². The van der Waals surface area contributed by atoms with E-state index < -0.39 is 0 Å². The SMILES string of the molecule is O=C(Cc1coc2ccc(Br)cc12)Nc1cccc(Cl)c1. The van der Waals surface area contributed by atoms with E-state index in [9.17, 15) is 4.79 Å². The monoisotopic (exact) mass is 363 g/mol. The molecule has 0 aliphatic rings. The van der Waals surface area contributed by atoms with Gasteiger partial charge in [-0.25, -0.2) is 0 Å². The van der Waals surface area contributed by atoms with Gasteiger partial charge >= 0.3 is 0 Å². The highest BCUT2D eigenvalue weighted by Crippen LogP contribution is 2.25. The van der Waals surface area contributed by atoms with Crippen molar-refractivity contribution in [3.8, 4) is 0 Å². The minimum Gasteiger partial charge on any atom is -0.464 e. The van der Waals surface area contributed by atoms with Crippen LogP contribution in [0, 0.1) is 0 Å². The molecule has 0 aliphatic carbocycles. The van der Waals surface area contributed by atoms with Crippen molar-refractivity contribution in [2.45, 2.75) is 6.42 Å².